The molecule has 0 unspecified atom stereocenters. The fourth-order valence-corrected chi connectivity index (χ4v) is 1.81. The molecule has 5 heteroatoms. The van der Waals surface area contributed by atoms with Gasteiger partial charge in [0.1, 0.15) is 11.8 Å². The van der Waals surface area contributed by atoms with Gasteiger partial charge in [0.25, 0.3) is 0 Å². The first-order valence-corrected chi connectivity index (χ1v) is 5.80. The molecule has 96 valence electrons. The highest BCUT2D eigenvalue weighted by Crippen LogP contribution is 2.15. The van der Waals surface area contributed by atoms with Gasteiger partial charge in [0.05, 0.1) is 11.8 Å². The Morgan fingerprint density at radius 2 is 2.21 bits per heavy atom. The van der Waals surface area contributed by atoms with Crippen LogP contribution in [0.2, 0.25) is 0 Å². The Kier molecular flexibility index (Phi) is 3.34. The molecule has 0 aliphatic heterocycles. The molecular formula is C14H14N4O. The van der Waals surface area contributed by atoms with Crippen LogP contribution in [0, 0.1) is 18.3 Å². The van der Waals surface area contributed by atoms with Gasteiger partial charge in [-0.15, -0.1) is 0 Å². The van der Waals surface area contributed by atoms with Gasteiger partial charge in [-0.1, -0.05) is 0 Å². The van der Waals surface area contributed by atoms with Crippen molar-refractivity contribution in [2.24, 2.45) is 14.1 Å². The van der Waals surface area contributed by atoms with Crippen LogP contribution in [0.1, 0.15) is 27.3 Å². The zero-order valence-electron chi connectivity index (χ0n) is 11.1. The fourth-order valence-electron chi connectivity index (χ4n) is 1.81. The molecule has 2 rings (SSSR count). The van der Waals surface area contributed by atoms with E-state index in [0.29, 0.717) is 11.3 Å². The van der Waals surface area contributed by atoms with E-state index in [2.05, 4.69) is 11.2 Å². The topological polar surface area (TPSA) is 63.6 Å². The number of aryl methyl sites for hydroxylation is 1. The maximum Gasteiger partial charge on any atom is 0.189 e. The lowest BCUT2D eigenvalue weighted by Crippen LogP contribution is -1.94. The molecule has 0 amide bonds. The third-order valence-corrected chi connectivity index (χ3v) is 3.09. The van der Waals surface area contributed by atoms with Crippen molar-refractivity contribution in [1.29, 1.82) is 5.26 Å². The van der Waals surface area contributed by atoms with Crippen molar-refractivity contribution < 1.29 is 4.79 Å². The summed E-state index contributed by atoms with van der Waals surface area (Å²) >= 11 is 0. The van der Waals surface area contributed by atoms with Crippen molar-refractivity contribution in [3.8, 4) is 6.07 Å². The minimum Gasteiger partial charge on any atom is -0.339 e. The number of carbonyl (C=O) groups is 1. The summed E-state index contributed by atoms with van der Waals surface area (Å²) in [5.41, 5.74) is 2.95. The summed E-state index contributed by atoms with van der Waals surface area (Å²) in [6, 6.07) is 3.88. The maximum absolute atomic E-state index is 11.9. The molecule has 5 nitrogen and oxygen atoms in total. The van der Waals surface area contributed by atoms with Crippen LogP contribution in [0.5, 0.6) is 0 Å². The molecule has 19 heavy (non-hydrogen) atoms. The normalized spacial score (nSPS) is 10.8. The summed E-state index contributed by atoms with van der Waals surface area (Å²) in [6.45, 7) is 1.91. The van der Waals surface area contributed by atoms with Crippen molar-refractivity contribution >= 4 is 11.9 Å². The first kappa shape index (κ1) is 12.8. The van der Waals surface area contributed by atoms with Gasteiger partial charge in [-0.25, -0.2) is 0 Å². The van der Waals surface area contributed by atoms with E-state index in [9.17, 15) is 4.79 Å². The van der Waals surface area contributed by atoms with Gasteiger partial charge in [0, 0.05) is 26.0 Å². The molecule has 2 aromatic heterocycles. The third-order valence-electron chi connectivity index (χ3n) is 3.09. The molecule has 0 saturated carbocycles. The van der Waals surface area contributed by atoms with Gasteiger partial charge in [-0.2, -0.15) is 10.4 Å². The van der Waals surface area contributed by atoms with Crippen molar-refractivity contribution in [3.05, 3.63) is 47.1 Å². The maximum atomic E-state index is 11.9. The number of ketones is 1. The first-order chi connectivity index (χ1) is 9.02. The van der Waals surface area contributed by atoms with Crippen LogP contribution in [-0.2, 0) is 14.1 Å². The van der Waals surface area contributed by atoms with E-state index in [0.717, 1.165) is 11.3 Å². The van der Waals surface area contributed by atoms with Gasteiger partial charge in [-0.05, 0) is 30.7 Å². The molecule has 0 spiro atoms. The van der Waals surface area contributed by atoms with Crippen LogP contribution in [0.4, 0.5) is 0 Å². The SMILES string of the molecule is Cc1c(C=CC(=O)c2cnn(C)c2)cc(C#N)n1C. The predicted molar refractivity (Wildman–Crippen MR) is 71.4 cm³/mol. The van der Waals surface area contributed by atoms with E-state index in [-0.39, 0.29) is 5.78 Å². The van der Waals surface area contributed by atoms with Gasteiger partial charge in [0.2, 0.25) is 0 Å². The Balaban J connectivity index is 2.24. The second-order valence-electron chi connectivity index (χ2n) is 4.34. The molecule has 0 aromatic carbocycles. The van der Waals surface area contributed by atoms with Gasteiger partial charge < -0.3 is 4.57 Å². The summed E-state index contributed by atoms with van der Waals surface area (Å²) in [5.74, 6) is -0.102. The fraction of sp³-hybridized carbons (Fsp3) is 0.214. The van der Waals surface area contributed by atoms with E-state index in [1.165, 1.54) is 12.3 Å². The molecule has 0 aliphatic rings. The van der Waals surface area contributed by atoms with E-state index >= 15 is 0 Å². The average molecular weight is 254 g/mol. The monoisotopic (exact) mass is 254 g/mol. The Labute approximate surface area is 111 Å². The van der Waals surface area contributed by atoms with Crippen LogP contribution in [0.15, 0.2) is 24.5 Å². The summed E-state index contributed by atoms with van der Waals surface area (Å²) in [7, 11) is 3.59. The quantitative estimate of drug-likeness (QED) is 0.620. The second kappa shape index (κ2) is 4.94. The zero-order chi connectivity index (χ0) is 14.0. The van der Waals surface area contributed by atoms with Crippen molar-refractivity contribution in [1.82, 2.24) is 14.3 Å². The minimum absolute atomic E-state index is 0.102. The van der Waals surface area contributed by atoms with Crippen LogP contribution in [0.3, 0.4) is 0 Å². The smallest absolute Gasteiger partial charge is 0.189 e. The lowest BCUT2D eigenvalue weighted by atomic mass is 10.1. The van der Waals surface area contributed by atoms with Crippen molar-refractivity contribution in [3.63, 3.8) is 0 Å². The number of aromatic nitrogens is 3. The molecule has 0 aliphatic carbocycles. The number of rotatable bonds is 3. The number of hydrogen-bond donors (Lipinski definition) is 0. The highest BCUT2D eigenvalue weighted by atomic mass is 16.1. The molecule has 0 bridgehead atoms. The average Bonchev–Trinajstić information content (AvgIpc) is 2.94. The Hall–Kier alpha value is -2.61. The molecule has 0 fully saturated rings. The van der Waals surface area contributed by atoms with Gasteiger partial charge in [0.15, 0.2) is 5.78 Å². The number of allylic oxidation sites excluding steroid dienone is 1. The van der Waals surface area contributed by atoms with E-state index < -0.39 is 0 Å². The third kappa shape index (κ3) is 2.47. The van der Waals surface area contributed by atoms with Crippen molar-refractivity contribution in [2.75, 3.05) is 0 Å². The van der Waals surface area contributed by atoms with Crippen LogP contribution >= 0.6 is 0 Å². The highest BCUT2D eigenvalue weighted by Gasteiger charge is 2.08. The number of carbonyl (C=O) groups excluding carboxylic acids is 1. The van der Waals surface area contributed by atoms with Crippen molar-refractivity contribution in [2.45, 2.75) is 6.92 Å². The summed E-state index contributed by atoms with van der Waals surface area (Å²) in [5, 5.41) is 12.9. The van der Waals surface area contributed by atoms with E-state index in [4.69, 9.17) is 5.26 Å². The zero-order valence-corrected chi connectivity index (χ0v) is 11.1. The van der Waals surface area contributed by atoms with E-state index in [1.807, 2.05) is 14.0 Å². The lowest BCUT2D eigenvalue weighted by Gasteiger charge is -1.97. The standard InChI is InChI=1S/C14H14N4O/c1-10-11(6-13(7-15)18(10)3)4-5-14(19)12-8-16-17(2)9-12/h4-6,8-9H,1-3H3. The highest BCUT2D eigenvalue weighted by molar-refractivity contribution is 6.06. The predicted octanol–water partition coefficient (Wildman–Crippen LogP) is 1.83. The summed E-state index contributed by atoms with van der Waals surface area (Å²) in [6.07, 6.45) is 6.43. The molecule has 0 N–H and O–H groups in total. The van der Waals surface area contributed by atoms with Crippen LogP contribution < -0.4 is 0 Å². The number of hydrogen-bond acceptors (Lipinski definition) is 3. The molecule has 0 saturated heterocycles. The van der Waals surface area contributed by atoms with Crippen LogP contribution in [0.25, 0.3) is 6.08 Å². The summed E-state index contributed by atoms with van der Waals surface area (Å²) < 4.78 is 3.39. The molecule has 2 heterocycles. The van der Waals surface area contributed by atoms with Gasteiger partial charge >= 0.3 is 0 Å². The van der Waals surface area contributed by atoms with Crippen LogP contribution in [-0.4, -0.2) is 20.1 Å². The first-order valence-electron chi connectivity index (χ1n) is 5.80. The summed E-state index contributed by atoms with van der Waals surface area (Å²) in [4.78, 5) is 11.9. The van der Waals surface area contributed by atoms with E-state index in [1.54, 1.807) is 34.6 Å². The Morgan fingerprint density at radius 1 is 1.47 bits per heavy atom. The second-order valence-corrected chi connectivity index (χ2v) is 4.34. The van der Waals surface area contributed by atoms with Gasteiger partial charge in [-0.3, -0.25) is 9.48 Å². The number of nitriles is 1. The molecular weight excluding hydrogens is 240 g/mol. The Bertz CT molecular complexity index is 698. The lowest BCUT2D eigenvalue weighted by molar-refractivity contribution is 0.104. The molecule has 2 aromatic rings. The largest absolute Gasteiger partial charge is 0.339 e. The Morgan fingerprint density at radius 3 is 2.74 bits per heavy atom. The number of nitrogens with zero attached hydrogens (tertiary/aromatic N) is 4. The molecule has 0 atom stereocenters. The molecule has 0 radical (unpaired) electrons. The minimum atomic E-state index is -0.102.